The van der Waals surface area contributed by atoms with Crippen LogP contribution in [-0.4, -0.2) is 48.3 Å². The molecule has 2 amide bonds. The summed E-state index contributed by atoms with van der Waals surface area (Å²) in [5.41, 5.74) is 1.95. The summed E-state index contributed by atoms with van der Waals surface area (Å²) in [4.78, 5) is 16.3. The van der Waals surface area contributed by atoms with Crippen molar-refractivity contribution in [3.8, 4) is 0 Å². The molecule has 1 aliphatic carbocycles. The van der Waals surface area contributed by atoms with E-state index < -0.39 is 0 Å². The monoisotopic (exact) mass is 333 g/mol. The second-order valence-corrected chi connectivity index (χ2v) is 7.00. The number of carbonyl (C=O) groups is 1. The van der Waals surface area contributed by atoms with Crippen molar-refractivity contribution in [1.29, 1.82) is 0 Å². The van der Waals surface area contributed by atoms with E-state index in [9.17, 15) is 9.90 Å². The van der Waals surface area contributed by atoms with Gasteiger partial charge in [-0.25, -0.2) is 4.79 Å². The van der Waals surface area contributed by atoms with Gasteiger partial charge in [0.1, 0.15) is 0 Å². The lowest BCUT2D eigenvalue weighted by Crippen LogP contribution is -2.37. The van der Waals surface area contributed by atoms with E-state index in [-0.39, 0.29) is 18.1 Å². The van der Waals surface area contributed by atoms with E-state index in [1.165, 1.54) is 0 Å². The fraction of sp³-hybridized carbons (Fsp3) is 0.632. The topological polar surface area (TPSA) is 55.8 Å². The molecule has 0 aromatic heterocycles. The summed E-state index contributed by atoms with van der Waals surface area (Å²) < 4.78 is 0. The van der Waals surface area contributed by atoms with E-state index in [4.69, 9.17) is 0 Å². The van der Waals surface area contributed by atoms with Crippen LogP contribution in [0.25, 0.3) is 0 Å². The number of hydrogen-bond acceptors (Lipinski definition) is 3. The number of nitrogens with one attached hydrogen (secondary N) is 1. The molecule has 134 valence electrons. The number of aliphatic hydroxyl groups is 1. The van der Waals surface area contributed by atoms with Crippen LogP contribution in [0.4, 0.5) is 16.2 Å². The molecule has 0 spiro atoms. The average molecular weight is 333 g/mol. The summed E-state index contributed by atoms with van der Waals surface area (Å²) in [5, 5.41) is 12.8. The fourth-order valence-electron chi connectivity index (χ4n) is 3.47. The molecule has 0 radical (unpaired) electrons. The normalized spacial score (nSPS) is 20.2. The summed E-state index contributed by atoms with van der Waals surface area (Å²) in [5.74, 6) is 0.201. The van der Waals surface area contributed by atoms with Gasteiger partial charge < -0.3 is 20.2 Å². The van der Waals surface area contributed by atoms with E-state index in [2.05, 4.69) is 31.0 Å². The Bertz CT molecular complexity index is 530. The number of urea groups is 1. The van der Waals surface area contributed by atoms with Gasteiger partial charge in [0.25, 0.3) is 0 Å². The highest BCUT2D eigenvalue weighted by atomic mass is 16.3. The maximum Gasteiger partial charge on any atom is 0.321 e. The van der Waals surface area contributed by atoms with Crippen LogP contribution in [0.15, 0.2) is 24.3 Å². The Hall–Kier alpha value is -1.75. The molecule has 1 fully saturated rings. The van der Waals surface area contributed by atoms with Crippen LogP contribution in [0.2, 0.25) is 0 Å². The minimum absolute atomic E-state index is 0.127. The van der Waals surface area contributed by atoms with Crippen LogP contribution in [-0.2, 0) is 0 Å². The Morgan fingerprint density at radius 1 is 1.29 bits per heavy atom. The lowest BCUT2D eigenvalue weighted by atomic mass is 10.1. The number of aliphatic hydroxyl groups excluding tert-OH is 1. The molecule has 2 rings (SSSR count). The Morgan fingerprint density at radius 3 is 2.46 bits per heavy atom. The molecule has 2 unspecified atom stereocenters. The summed E-state index contributed by atoms with van der Waals surface area (Å²) in [6.07, 6.45) is 2.63. The van der Waals surface area contributed by atoms with Gasteiger partial charge in [-0.2, -0.15) is 0 Å². The van der Waals surface area contributed by atoms with Crippen LogP contribution in [0.1, 0.15) is 40.0 Å². The number of carbonyl (C=O) groups excluding carboxylic acids is 1. The van der Waals surface area contributed by atoms with Crippen molar-refractivity contribution in [3.63, 3.8) is 0 Å². The van der Waals surface area contributed by atoms with Gasteiger partial charge >= 0.3 is 6.03 Å². The zero-order valence-corrected chi connectivity index (χ0v) is 15.3. The second-order valence-electron chi connectivity index (χ2n) is 7.00. The molecule has 24 heavy (non-hydrogen) atoms. The van der Waals surface area contributed by atoms with Gasteiger partial charge in [0.15, 0.2) is 0 Å². The molecule has 0 bridgehead atoms. The summed E-state index contributed by atoms with van der Waals surface area (Å²) >= 11 is 0. The Balaban J connectivity index is 1.91. The highest BCUT2D eigenvalue weighted by Crippen LogP contribution is 2.26. The van der Waals surface area contributed by atoms with Crippen molar-refractivity contribution in [3.05, 3.63) is 24.3 Å². The number of anilines is 2. The van der Waals surface area contributed by atoms with E-state index in [0.717, 1.165) is 37.2 Å². The largest absolute Gasteiger partial charge is 0.393 e. The van der Waals surface area contributed by atoms with Gasteiger partial charge in [-0.1, -0.05) is 6.42 Å². The highest BCUT2D eigenvalue weighted by molar-refractivity contribution is 5.89. The first kappa shape index (κ1) is 18.6. The summed E-state index contributed by atoms with van der Waals surface area (Å²) in [6, 6.07) is 8.28. The van der Waals surface area contributed by atoms with E-state index in [0.29, 0.717) is 12.6 Å². The molecule has 0 aliphatic heterocycles. The smallest absolute Gasteiger partial charge is 0.321 e. The quantitative estimate of drug-likeness (QED) is 0.837. The zero-order chi connectivity index (χ0) is 17.7. The Morgan fingerprint density at radius 2 is 1.96 bits per heavy atom. The van der Waals surface area contributed by atoms with Crippen molar-refractivity contribution in [1.82, 2.24) is 4.90 Å². The van der Waals surface area contributed by atoms with E-state index >= 15 is 0 Å². The van der Waals surface area contributed by atoms with E-state index in [1.807, 2.05) is 24.3 Å². The third-order valence-corrected chi connectivity index (χ3v) is 4.89. The van der Waals surface area contributed by atoms with Gasteiger partial charge in [-0.15, -0.1) is 0 Å². The third-order valence-electron chi connectivity index (χ3n) is 4.89. The molecule has 2 atom stereocenters. The minimum atomic E-state index is -0.268. The number of amides is 2. The number of nitrogens with zero attached hydrogens (tertiary/aromatic N) is 2. The molecule has 5 heteroatoms. The molecule has 5 nitrogen and oxygen atoms in total. The minimum Gasteiger partial charge on any atom is -0.393 e. The SMILES string of the molecule is CCN(c1ccc(NC(=O)N(C)CC2CCCC2O)cc1)C(C)C. The predicted molar refractivity (Wildman–Crippen MR) is 99.6 cm³/mol. The van der Waals surface area contributed by atoms with Gasteiger partial charge in [-0.05, 0) is 57.9 Å². The fourth-order valence-corrected chi connectivity index (χ4v) is 3.47. The first-order chi connectivity index (χ1) is 11.4. The van der Waals surface area contributed by atoms with Gasteiger partial charge in [0.05, 0.1) is 6.10 Å². The molecule has 1 aromatic carbocycles. The molecule has 2 N–H and O–H groups in total. The molecule has 1 aromatic rings. The molecule has 0 heterocycles. The first-order valence-electron chi connectivity index (χ1n) is 8.99. The maximum atomic E-state index is 12.3. The second kappa shape index (κ2) is 8.38. The van der Waals surface area contributed by atoms with Crippen LogP contribution in [0.5, 0.6) is 0 Å². The number of rotatable bonds is 6. The lowest BCUT2D eigenvalue weighted by molar-refractivity contribution is 0.116. The van der Waals surface area contributed by atoms with E-state index in [1.54, 1.807) is 11.9 Å². The Labute approximate surface area is 145 Å². The Kier molecular flexibility index (Phi) is 6.49. The van der Waals surface area contributed by atoms with Gasteiger partial charge in [0, 0.05) is 43.5 Å². The molecular weight excluding hydrogens is 302 g/mol. The third kappa shape index (κ3) is 4.63. The van der Waals surface area contributed by atoms with Crippen LogP contribution in [0, 0.1) is 5.92 Å². The van der Waals surface area contributed by atoms with Crippen molar-refractivity contribution in [2.45, 2.75) is 52.2 Å². The average Bonchev–Trinajstić information content (AvgIpc) is 2.94. The van der Waals surface area contributed by atoms with Crippen molar-refractivity contribution >= 4 is 17.4 Å². The van der Waals surface area contributed by atoms with Crippen molar-refractivity contribution in [2.24, 2.45) is 5.92 Å². The van der Waals surface area contributed by atoms with Crippen LogP contribution >= 0.6 is 0 Å². The molecular formula is C19H31N3O2. The van der Waals surface area contributed by atoms with Crippen molar-refractivity contribution in [2.75, 3.05) is 30.4 Å². The highest BCUT2D eigenvalue weighted by Gasteiger charge is 2.27. The predicted octanol–water partition coefficient (Wildman–Crippen LogP) is 3.55. The lowest BCUT2D eigenvalue weighted by Gasteiger charge is -2.28. The summed E-state index contributed by atoms with van der Waals surface area (Å²) in [6.45, 7) is 8.04. The maximum absolute atomic E-state index is 12.3. The van der Waals surface area contributed by atoms with Gasteiger partial charge in [0.2, 0.25) is 0 Å². The number of benzene rings is 1. The molecule has 1 aliphatic rings. The zero-order valence-electron chi connectivity index (χ0n) is 15.3. The van der Waals surface area contributed by atoms with Crippen LogP contribution in [0.3, 0.4) is 0 Å². The number of hydrogen-bond donors (Lipinski definition) is 2. The van der Waals surface area contributed by atoms with Crippen molar-refractivity contribution < 1.29 is 9.90 Å². The summed E-state index contributed by atoms with van der Waals surface area (Å²) in [7, 11) is 1.78. The first-order valence-corrected chi connectivity index (χ1v) is 8.99. The van der Waals surface area contributed by atoms with Gasteiger partial charge in [-0.3, -0.25) is 0 Å². The molecule has 0 saturated heterocycles. The standard InChI is InChI=1S/C19H31N3O2/c1-5-22(14(2)3)17-11-9-16(10-12-17)20-19(24)21(4)13-15-7-6-8-18(15)23/h9-12,14-15,18,23H,5-8,13H2,1-4H3,(H,20,24). The molecule has 1 saturated carbocycles. The van der Waals surface area contributed by atoms with Crippen LogP contribution < -0.4 is 10.2 Å².